The number of hydrogen-bond donors (Lipinski definition) is 0. The molecule has 0 radical (unpaired) electrons. The van der Waals surface area contributed by atoms with Gasteiger partial charge in [0.05, 0.1) is 5.69 Å². The summed E-state index contributed by atoms with van der Waals surface area (Å²) in [6.45, 7) is 13.8. The molecule has 4 rings (SSSR count). The molecule has 144 valence electrons. The lowest BCUT2D eigenvalue weighted by Crippen LogP contribution is -2.33. The smallest absolute Gasteiger partial charge is 0.0702 e. The number of nitrogens with zero attached hydrogens (tertiary/aromatic N) is 1. The van der Waals surface area contributed by atoms with Crippen LogP contribution in [-0.4, -0.2) is 4.98 Å². The van der Waals surface area contributed by atoms with Gasteiger partial charge in [-0.1, -0.05) is 64.1 Å². The van der Waals surface area contributed by atoms with E-state index in [2.05, 4.69) is 90.1 Å². The van der Waals surface area contributed by atoms with Gasteiger partial charge in [-0.05, 0) is 77.5 Å². The Kier molecular flexibility index (Phi) is 4.45. The van der Waals surface area contributed by atoms with Gasteiger partial charge in [0.25, 0.3) is 0 Å². The SMILES string of the molecule is Cc1cccc(C)c1-c1ccc(-c2ccc3c(c2)C(C)(C)CCC3(C)C)nc1. The molecule has 2 aromatic carbocycles. The molecule has 0 unspecified atom stereocenters. The normalized spacial score (nSPS) is 17.2. The Morgan fingerprint density at radius 1 is 0.714 bits per heavy atom. The van der Waals surface area contributed by atoms with Gasteiger partial charge in [-0.2, -0.15) is 0 Å². The highest BCUT2D eigenvalue weighted by molar-refractivity contribution is 5.72. The molecule has 1 aliphatic rings. The summed E-state index contributed by atoms with van der Waals surface area (Å²) >= 11 is 0. The molecule has 0 amide bonds. The summed E-state index contributed by atoms with van der Waals surface area (Å²) in [4.78, 5) is 4.84. The van der Waals surface area contributed by atoms with Crippen molar-refractivity contribution in [3.8, 4) is 22.4 Å². The molecule has 1 aromatic heterocycles. The van der Waals surface area contributed by atoms with Gasteiger partial charge in [0.1, 0.15) is 0 Å². The number of pyridine rings is 1. The maximum Gasteiger partial charge on any atom is 0.0702 e. The second kappa shape index (κ2) is 6.58. The molecule has 0 spiro atoms. The summed E-state index contributed by atoms with van der Waals surface area (Å²) in [5, 5.41) is 0. The molecule has 0 aliphatic heterocycles. The van der Waals surface area contributed by atoms with Crippen molar-refractivity contribution in [2.24, 2.45) is 0 Å². The van der Waals surface area contributed by atoms with Crippen molar-refractivity contribution in [1.29, 1.82) is 0 Å². The van der Waals surface area contributed by atoms with Crippen molar-refractivity contribution >= 4 is 0 Å². The largest absolute Gasteiger partial charge is 0.256 e. The highest BCUT2D eigenvalue weighted by Crippen LogP contribution is 2.46. The molecule has 1 nitrogen and oxygen atoms in total. The Balaban J connectivity index is 1.75. The third kappa shape index (κ3) is 3.17. The first kappa shape index (κ1) is 18.9. The van der Waals surface area contributed by atoms with Crippen molar-refractivity contribution in [2.45, 2.75) is 65.2 Å². The third-order valence-corrected chi connectivity index (χ3v) is 6.68. The van der Waals surface area contributed by atoms with E-state index in [4.69, 9.17) is 4.98 Å². The van der Waals surface area contributed by atoms with E-state index in [1.807, 2.05) is 6.20 Å². The van der Waals surface area contributed by atoms with Gasteiger partial charge in [0.15, 0.2) is 0 Å². The molecular formula is C27H31N. The minimum Gasteiger partial charge on any atom is -0.256 e. The van der Waals surface area contributed by atoms with E-state index in [1.165, 1.54) is 51.8 Å². The molecule has 3 aromatic rings. The number of benzene rings is 2. The average molecular weight is 370 g/mol. The number of fused-ring (bicyclic) bond motifs is 1. The van der Waals surface area contributed by atoms with Crippen LogP contribution in [0.25, 0.3) is 22.4 Å². The van der Waals surface area contributed by atoms with Crippen LogP contribution in [0.4, 0.5) is 0 Å². The maximum atomic E-state index is 4.84. The molecule has 0 saturated carbocycles. The number of rotatable bonds is 2. The fourth-order valence-electron chi connectivity index (χ4n) is 4.73. The van der Waals surface area contributed by atoms with Crippen molar-refractivity contribution < 1.29 is 0 Å². The van der Waals surface area contributed by atoms with E-state index >= 15 is 0 Å². The Hall–Kier alpha value is -2.41. The fourth-order valence-corrected chi connectivity index (χ4v) is 4.73. The second-order valence-electron chi connectivity index (χ2n) is 9.73. The summed E-state index contributed by atoms with van der Waals surface area (Å²) in [6.07, 6.45) is 4.50. The Morgan fingerprint density at radius 2 is 1.32 bits per heavy atom. The van der Waals surface area contributed by atoms with E-state index in [0.717, 1.165) is 5.69 Å². The van der Waals surface area contributed by atoms with Gasteiger partial charge >= 0.3 is 0 Å². The zero-order valence-electron chi connectivity index (χ0n) is 18.1. The highest BCUT2D eigenvalue weighted by atomic mass is 14.7. The Labute approximate surface area is 169 Å². The van der Waals surface area contributed by atoms with Crippen LogP contribution in [0.1, 0.15) is 62.8 Å². The zero-order valence-corrected chi connectivity index (χ0v) is 18.1. The van der Waals surface area contributed by atoms with Gasteiger partial charge < -0.3 is 0 Å². The lowest BCUT2D eigenvalue weighted by atomic mass is 9.63. The fraction of sp³-hybridized carbons (Fsp3) is 0.370. The van der Waals surface area contributed by atoms with Gasteiger partial charge in [-0.25, -0.2) is 0 Å². The molecule has 0 saturated heterocycles. The molecule has 0 N–H and O–H groups in total. The predicted molar refractivity (Wildman–Crippen MR) is 120 cm³/mol. The first-order valence-corrected chi connectivity index (χ1v) is 10.4. The molecule has 0 atom stereocenters. The first-order valence-electron chi connectivity index (χ1n) is 10.4. The van der Waals surface area contributed by atoms with E-state index in [-0.39, 0.29) is 10.8 Å². The lowest BCUT2D eigenvalue weighted by Gasteiger charge is -2.42. The van der Waals surface area contributed by atoms with E-state index in [0.29, 0.717) is 0 Å². The van der Waals surface area contributed by atoms with Gasteiger partial charge in [-0.15, -0.1) is 0 Å². The van der Waals surface area contributed by atoms with Crippen LogP contribution in [0.3, 0.4) is 0 Å². The molecular weight excluding hydrogens is 338 g/mol. The van der Waals surface area contributed by atoms with Crippen LogP contribution in [-0.2, 0) is 10.8 Å². The maximum absolute atomic E-state index is 4.84. The predicted octanol–water partition coefficient (Wildman–Crippen LogP) is 7.38. The minimum absolute atomic E-state index is 0.221. The van der Waals surface area contributed by atoms with Crippen LogP contribution in [0, 0.1) is 13.8 Å². The quantitative estimate of drug-likeness (QED) is 0.459. The van der Waals surface area contributed by atoms with Crippen molar-refractivity contribution in [3.05, 3.63) is 77.0 Å². The van der Waals surface area contributed by atoms with Gasteiger partial charge in [0, 0.05) is 17.3 Å². The van der Waals surface area contributed by atoms with Gasteiger partial charge in [-0.3, -0.25) is 4.98 Å². The average Bonchev–Trinajstić information content (AvgIpc) is 2.66. The number of hydrogen-bond acceptors (Lipinski definition) is 1. The summed E-state index contributed by atoms with van der Waals surface area (Å²) < 4.78 is 0. The van der Waals surface area contributed by atoms with Crippen molar-refractivity contribution in [3.63, 3.8) is 0 Å². The van der Waals surface area contributed by atoms with Crippen LogP contribution in [0.15, 0.2) is 54.7 Å². The number of aryl methyl sites for hydroxylation is 2. The van der Waals surface area contributed by atoms with E-state index in [9.17, 15) is 0 Å². The van der Waals surface area contributed by atoms with Crippen LogP contribution in [0.2, 0.25) is 0 Å². The summed E-state index contributed by atoms with van der Waals surface area (Å²) in [5.41, 5.74) is 10.8. The third-order valence-electron chi connectivity index (χ3n) is 6.68. The number of aromatic nitrogens is 1. The summed E-state index contributed by atoms with van der Waals surface area (Å²) in [6, 6.07) is 17.8. The topological polar surface area (TPSA) is 12.9 Å². The highest BCUT2D eigenvalue weighted by Gasteiger charge is 2.37. The molecule has 28 heavy (non-hydrogen) atoms. The standard InChI is InChI=1S/C27H31N/c1-18-8-7-9-19(2)25(18)21-11-13-24(28-17-21)20-10-12-22-23(16-20)27(5,6)15-14-26(22,3)4/h7-13,16-17H,14-15H2,1-6H3. The van der Waals surface area contributed by atoms with Crippen molar-refractivity contribution in [1.82, 2.24) is 4.98 Å². The molecule has 1 heteroatoms. The zero-order chi connectivity index (χ0) is 20.1. The van der Waals surface area contributed by atoms with Crippen molar-refractivity contribution in [2.75, 3.05) is 0 Å². The van der Waals surface area contributed by atoms with Crippen LogP contribution in [0.5, 0.6) is 0 Å². The Morgan fingerprint density at radius 3 is 1.93 bits per heavy atom. The molecule has 1 aliphatic carbocycles. The van der Waals surface area contributed by atoms with Crippen LogP contribution < -0.4 is 0 Å². The lowest BCUT2D eigenvalue weighted by molar-refractivity contribution is 0.332. The van der Waals surface area contributed by atoms with Crippen LogP contribution >= 0.6 is 0 Å². The molecule has 0 fully saturated rings. The molecule has 0 bridgehead atoms. The monoisotopic (exact) mass is 369 g/mol. The van der Waals surface area contributed by atoms with E-state index in [1.54, 1.807) is 0 Å². The van der Waals surface area contributed by atoms with Gasteiger partial charge in [0.2, 0.25) is 0 Å². The summed E-state index contributed by atoms with van der Waals surface area (Å²) in [5.74, 6) is 0. The second-order valence-corrected chi connectivity index (χ2v) is 9.73. The molecule has 1 heterocycles. The first-order chi connectivity index (χ1) is 13.2. The Bertz CT molecular complexity index is 1000. The summed E-state index contributed by atoms with van der Waals surface area (Å²) in [7, 11) is 0. The van der Waals surface area contributed by atoms with E-state index < -0.39 is 0 Å². The minimum atomic E-state index is 0.221.